The Labute approximate surface area is 157 Å². The number of carbonyl (C=O) groups excluding carboxylic acids is 1. The Bertz CT molecular complexity index is 902. The Morgan fingerprint density at radius 3 is 2.96 bits per heavy atom. The molecule has 0 fully saturated rings. The van der Waals surface area contributed by atoms with Crippen LogP contribution in [0.3, 0.4) is 0 Å². The van der Waals surface area contributed by atoms with E-state index in [1.54, 1.807) is 24.5 Å². The van der Waals surface area contributed by atoms with E-state index in [9.17, 15) is 4.79 Å². The van der Waals surface area contributed by atoms with Crippen LogP contribution in [0.25, 0.3) is 0 Å². The summed E-state index contributed by atoms with van der Waals surface area (Å²) in [5.41, 5.74) is 2.99. The van der Waals surface area contributed by atoms with E-state index in [1.807, 2.05) is 24.1 Å². The molecule has 0 saturated heterocycles. The second-order valence-electron chi connectivity index (χ2n) is 6.90. The lowest BCUT2D eigenvalue weighted by Gasteiger charge is -2.33. The molecule has 0 bridgehead atoms. The van der Waals surface area contributed by atoms with E-state index >= 15 is 0 Å². The summed E-state index contributed by atoms with van der Waals surface area (Å²) in [4.78, 5) is 18.6. The summed E-state index contributed by atoms with van der Waals surface area (Å²) >= 11 is 0. The fraction of sp³-hybridized carbons (Fsp3) is 0.368. The molecule has 0 aromatic carbocycles. The lowest BCUT2D eigenvalue weighted by molar-refractivity contribution is 0.0946. The first kappa shape index (κ1) is 17.4. The highest BCUT2D eigenvalue weighted by Crippen LogP contribution is 2.24. The van der Waals surface area contributed by atoms with Gasteiger partial charge < -0.3 is 5.32 Å². The fourth-order valence-corrected chi connectivity index (χ4v) is 3.56. The maximum Gasteiger partial charge on any atom is 0.252 e. The van der Waals surface area contributed by atoms with Crippen molar-refractivity contribution in [1.82, 2.24) is 34.8 Å². The zero-order chi connectivity index (χ0) is 18.6. The number of aryl methyl sites for hydroxylation is 1. The number of fused-ring (bicyclic) bond motifs is 1. The highest BCUT2D eigenvalue weighted by molar-refractivity contribution is 5.93. The average molecular weight is 365 g/mol. The molecular weight excluding hydrogens is 342 g/mol. The molecule has 0 saturated carbocycles. The summed E-state index contributed by atoms with van der Waals surface area (Å²) in [6, 6.07) is 5.83. The number of hydrogen-bond acceptors (Lipinski definition) is 5. The summed E-state index contributed by atoms with van der Waals surface area (Å²) < 4.78 is 3.92. The van der Waals surface area contributed by atoms with Crippen LogP contribution in [-0.2, 0) is 20.1 Å². The monoisotopic (exact) mass is 365 g/mol. The van der Waals surface area contributed by atoms with Crippen molar-refractivity contribution < 1.29 is 4.79 Å². The lowest BCUT2D eigenvalue weighted by Crippen LogP contribution is -2.38. The van der Waals surface area contributed by atoms with Crippen molar-refractivity contribution in [2.45, 2.75) is 25.6 Å². The van der Waals surface area contributed by atoms with Gasteiger partial charge >= 0.3 is 0 Å². The number of aromatic nitrogens is 5. The molecule has 27 heavy (non-hydrogen) atoms. The van der Waals surface area contributed by atoms with E-state index < -0.39 is 0 Å². The van der Waals surface area contributed by atoms with Crippen LogP contribution >= 0.6 is 0 Å². The third-order valence-corrected chi connectivity index (χ3v) is 4.80. The van der Waals surface area contributed by atoms with Gasteiger partial charge in [0.05, 0.1) is 23.5 Å². The van der Waals surface area contributed by atoms with E-state index in [4.69, 9.17) is 0 Å². The van der Waals surface area contributed by atoms with Gasteiger partial charge in [0.2, 0.25) is 0 Å². The molecule has 4 rings (SSSR count). The molecule has 0 spiro atoms. The highest BCUT2D eigenvalue weighted by atomic mass is 16.1. The molecule has 8 nitrogen and oxygen atoms in total. The first-order chi connectivity index (χ1) is 13.2. The van der Waals surface area contributed by atoms with Gasteiger partial charge in [-0.3, -0.25) is 24.0 Å². The largest absolute Gasteiger partial charge is 0.352 e. The molecule has 1 N–H and O–H groups in total. The number of nitrogens with one attached hydrogen (secondary N) is 1. The first-order valence-corrected chi connectivity index (χ1v) is 9.09. The first-order valence-electron chi connectivity index (χ1n) is 9.09. The van der Waals surface area contributed by atoms with E-state index in [0.717, 1.165) is 26.1 Å². The van der Waals surface area contributed by atoms with E-state index in [-0.39, 0.29) is 11.9 Å². The summed E-state index contributed by atoms with van der Waals surface area (Å²) in [5.74, 6) is -0.0909. The second kappa shape index (κ2) is 7.71. The maximum absolute atomic E-state index is 12.2. The normalized spacial score (nSPS) is 16.9. The van der Waals surface area contributed by atoms with Crippen LogP contribution in [0.4, 0.5) is 0 Å². The van der Waals surface area contributed by atoms with Crippen LogP contribution in [0.1, 0.15) is 34.1 Å². The molecule has 0 radical (unpaired) electrons. The predicted molar refractivity (Wildman–Crippen MR) is 99.8 cm³/mol. The van der Waals surface area contributed by atoms with E-state index in [1.165, 1.54) is 11.3 Å². The number of carbonyl (C=O) groups is 1. The molecule has 1 amide bonds. The van der Waals surface area contributed by atoms with Crippen molar-refractivity contribution in [2.75, 3.05) is 13.1 Å². The minimum atomic E-state index is -0.0909. The van der Waals surface area contributed by atoms with Gasteiger partial charge in [-0.05, 0) is 24.6 Å². The average Bonchev–Trinajstić information content (AvgIpc) is 3.31. The third-order valence-electron chi connectivity index (χ3n) is 4.80. The quantitative estimate of drug-likeness (QED) is 0.714. The zero-order valence-corrected chi connectivity index (χ0v) is 15.3. The van der Waals surface area contributed by atoms with Gasteiger partial charge in [-0.15, -0.1) is 0 Å². The van der Waals surface area contributed by atoms with Gasteiger partial charge in [-0.1, -0.05) is 0 Å². The van der Waals surface area contributed by atoms with Crippen molar-refractivity contribution in [3.63, 3.8) is 0 Å². The summed E-state index contributed by atoms with van der Waals surface area (Å²) in [5, 5.41) is 11.7. The Hall–Kier alpha value is -3.00. The summed E-state index contributed by atoms with van der Waals surface area (Å²) in [7, 11) is 1.93. The Morgan fingerprint density at radius 2 is 2.19 bits per heavy atom. The fourth-order valence-electron chi connectivity index (χ4n) is 3.56. The third kappa shape index (κ3) is 4.06. The van der Waals surface area contributed by atoms with Crippen LogP contribution in [0.5, 0.6) is 0 Å². The molecular formula is C19H23N7O. The minimum absolute atomic E-state index is 0.0909. The highest BCUT2D eigenvalue weighted by Gasteiger charge is 2.25. The zero-order valence-electron chi connectivity index (χ0n) is 15.3. The van der Waals surface area contributed by atoms with Gasteiger partial charge in [0, 0.05) is 63.6 Å². The molecule has 4 heterocycles. The van der Waals surface area contributed by atoms with Crippen molar-refractivity contribution in [1.29, 1.82) is 0 Å². The molecule has 140 valence electrons. The Kier molecular flexibility index (Phi) is 4.97. The van der Waals surface area contributed by atoms with Crippen molar-refractivity contribution >= 4 is 5.91 Å². The second-order valence-corrected chi connectivity index (χ2v) is 6.90. The van der Waals surface area contributed by atoms with Gasteiger partial charge in [0.15, 0.2) is 0 Å². The van der Waals surface area contributed by atoms with Crippen LogP contribution < -0.4 is 5.32 Å². The Balaban J connectivity index is 1.37. The SMILES string of the molecule is Cn1cc(CN2Cc3ccnn3C(CCNC(=O)c3cccnc3)C2)cn1. The van der Waals surface area contributed by atoms with E-state index in [2.05, 4.69) is 42.3 Å². The number of amides is 1. The van der Waals surface area contributed by atoms with Gasteiger partial charge in [-0.2, -0.15) is 10.2 Å². The molecule has 3 aromatic rings. The number of nitrogens with zero attached hydrogens (tertiary/aromatic N) is 6. The van der Waals surface area contributed by atoms with Crippen LogP contribution in [-0.4, -0.2) is 48.4 Å². The maximum atomic E-state index is 12.2. The molecule has 3 aromatic heterocycles. The number of rotatable bonds is 6. The van der Waals surface area contributed by atoms with Crippen LogP contribution in [0.15, 0.2) is 49.2 Å². The molecule has 1 unspecified atom stereocenters. The number of pyridine rings is 1. The van der Waals surface area contributed by atoms with Crippen LogP contribution in [0, 0.1) is 0 Å². The van der Waals surface area contributed by atoms with Crippen molar-refractivity contribution in [3.05, 3.63) is 66.0 Å². The molecule has 8 heteroatoms. The van der Waals surface area contributed by atoms with Gasteiger partial charge in [-0.25, -0.2) is 0 Å². The molecule has 1 atom stereocenters. The smallest absolute Gasteiger partial charge is 0.252 e. The lowest BCUT2D eigenvalue weighted by atomic mass is 10.1. The Morgan fingerprint density at radius 1 is 1.26 bits per heavy atom. The summed E-state index contributed by atoms with van der Waals surface area (Å²) in [6.45, 7) is 3.22. The van der Waals surface area contributed by atoms with Gasteiger partial charge in [0.25, 0.3) is 5.91 Å². The molecule has 0 aliphatic carbocycles. The minimum Gasteiger partial charge on any atom is -0.352 e. The summed E-state index contributed by atoms with van der Waals surface area (Å²) in [6.07, 6.45) is 9.88. The molecule has 1 aliphatic rings. The van der Waals surface area contributed by atoms with Crippen molar-refractivity contribution in [3.8, 4) is 0 Å². The van der Waals surface area contributed by atoms with Gasteiger partial charge in [0.1, 0.15) is 0 Å². The molecule has 1 aliphatic heterocycles. The standard InChI is InChI=1S/C19H23N7O/c1-24-11-15(9-23-24)12-25-13-17(26-18(14-25)5-8-22-26)4-7-21-19(27)16-3-2-6-20-10-16/h2-3,5-6,8-11,17H,4,7,12-14H2,1H3,(H,21,27). The predicted octanol–water partition coefficient (Wildman–Crippen LogP) is 1.39. The number of hydrogen-bond donors (Lipinski definition) is 1. The van der Waals surface area contributed by atoms with E-state index in [0.29, 0.717) is 12.1 Å². The van der Waals surface area contributed by atoms with Crippen LogP contribution in [0.2, 0.25) is 0 Å². The van der Waals surface area contributed by atoms with Crippen molar-refractivity contribution in [2.24, 2.45) is 7.05 Å². The topological polar surface area (TPSA) is 80.9 Å².